The quantitative estimate of drug-likeness (QED) is 0.439. The third kappa shape index (κ3) is 4.79. The Kier molecular flexibility index (Phi) is 7.06. The largest absolute Gasteiger partial charge is 0.490 e. The van der Waals surface area contributed by atoms with Gasteiger partial charge in [-0.2, -0.15) is 0 Å². The summed E-state index contributed by atoms with van der Waals surface area (Å²) in [6.45, 7) is 5.10. The van der Waals surface area contributed by atoms with Crippen LogP contribution in [0.25, 0.3) is 0 Å². The third-order valence-corrected chi connectivity index (χ3v) is 4.65. The molecule has 2 aromatic rings. The molecular weight excluding hydrogens is 386 g/mol. The fraction of sp³-hybridized carbons (Fsp3) is 0.348. The number of esters is 1. The van der Waals surface area contributed by atoms with Crippen molar-refractivity contribution >= 4 is 17.8 Å². The zero-order valence-electron chi connectivity index (χ0n) is 17.2. The molecule has 1 aliphatic rings. The van der Waals surface area contributed by atoms with Crippen LogP contribution < -0.4 is 9.47 Å². The van der Waals surface area contributed by atoms with Crippen LogP contribution in [-0.4, -0.2) is 42.4 Å². The predicted octanol–water partition coefficient (Wildman–Crippen LogP) is 3.60. The number of hydrogen-bond donors (Lipinski definition) is 0. The second kappa shape index (κ2) is 9.91. The first-order valence-corrected chi connectivity index (χ1v) is 10.0. The number of carbonyl (C=O) groups excluding carboxylic acids is 3. The van der Waals surface area contributed by atoms with Crippen LogP contribution in [0.4, 0.5) is 0 Å². The lowest BCUT2D eigenvalue weighted by Gasteiger charge is -2.14. The standard InChI is InChI=1S/C23H25NO6/c1-3-28-19-12-11-16(14-20(19)29-4-2)15-30-21(25)10-7-13-24-22(26)17-8-5-6-9-18(17)23(24)27/h5-6,8-9,11-12,14H,3-4,7,10,13,15H2,1-2H3. The number of ether oxygens (including phenoxy) is 3. The van der Waals surface area contributed by atoms with Gasteiger partial charge in [-0.05, 0) is 50.1 Å². The highest BCUT2D eigenvalue weighted by Gasteiger charge is 2.34. The molecule has 2 amide bonds. The molecule has 3 rings (SSSR count). The van der Waals surface area contributed by atoms with Crippen molar-refractivity contribution in [3.05, 3.63) is 59.2 Å². The maximum absolute atomic E-state index is 12.3. The number of benzene rings is 2. The number of hydrogen-bond acceptors (Lipinski definition) is 6. The molecule has 0 unspecified atom stereocenters. The molecule has 1 heterocycles. The Labute approximate surface area is 175 Å². The van der Waals surface area contributed by atoms with Crippen LogP contribution in [0.2, 0.25) is 0 Å². The summed E-state index contributed by atoms with van der Waals surface area (Å²) in [5, 5.41) is 0. The summed E-state index contributed by atoms with van der Waals surface area (Å²) in [6.07, 6.45) is 0.459. The van der Waals surface area contributed by atoms with Crippen molar-refractivity contribution in [2.24, 2.45) is 0 Å². The highest BCUT2D eigenvalue weighted by Crippen LogP contribution is 2.29. The Morgan fingerprint density at radius 3 is 2.17 bits per heavy atom. The van der Waals surface area contributed by atoms with E-state index in [-0.39, 0.29) is 31.4 Å². The van der Waals surface area contributed by atoms with E-state index >= 15 is 0 Å². The number of imide groups is 1. The van der Waals surface area contributed by atoms with Gasteiger partial charge in [-0.1, -0.05) is 18.2 Å². The molecule has 0 aliphatic carbocycles. The summed E-state index contributed by atoms with van der Waals surface area (Å²) in [6, 6.07) is 12.1. The van der Waals surface area contributed by atoms with Gasteiger partial charge in [-0.15, -0.1) is 0 Å². The van der Waals surface area contributed by atoms with E-state index in [4.69, 9.17) is 14.2 Å². The van der Waals surface area contributed by atoms with E-state index < -0.39 is 5.97 Å². The van der Waals surface area contributed by atoms with E-state index in [2.05, 4.69) is 0 Å². The minimum atomic E-state index is -0.390. The molecule has 0 bridgehead atoms. The van der Waals surface area contributed by atoms with Gasteiger partial charge < -0.3 is 14.2 Å². The highest BCUT2D eigenvalue weighted by molar-refractivity contribution is 6.21. The van der Waals surface area contributed by atoms with Crippen molar-refractivity contribution in [1.29, 1.82) is 0 Å². The average molecular weight is 411 g/mol. The number of rotatable bonds is 10. The zero-order valence-corrected chi connectivity index (χ0v) is 17.2. The normalized spacial score (nSPS) is 12.7. The molecule has 0 spiro atoms. The Bertz CT molecular complexity index is 904. The first kappa shape index (κ1) is 21.4. The van der Waals surface area contributed by atoms with Crippen LogP contribution in [-0.2, 0) is 16.1 Å². The number of fused-ring (bicyclic) bond motifs is 1. The van der Waals surface area contributed by atoms with Gasteiger partial charge in [0.25, 0.3) is 11.8 Å². The smallest absolute Gasteiger partial charge is 0.306 e. The van der Waals surface area contributed by atoms with Crippen molar-refractivity contribution in [3.63, 3.8) is 0 Å². The summed E-state index contributed by atoms with van der Waals surface area (Å²) in [5.41, 5.74) is 1.60. The molecule has 0 atom stereocenters. The molecule has 7 nitrogen and oxygen atoms in total. The van der Waals surface area contributed by atoms with Gasteiger partial charge >= 0.3 is 5.97 Å². The number of amides is 2. The SMILES string of the molecule is CCOc1ccc(COC(=O)CCCN2C(=O)c3ccccc3C2=O)cc1OCC. The Hall–Kier alpha value is -3.35. The predicted molar refractivity (Wildman–Crippen MR) is 110 cm³/mol. The molecular formula is C23H25NO6. The molecule has 7 heteroatoms. The number of nitrogens with zero attached hydrogens (tertiary/aromatic N) is 1. The Balaban J connectivity index is 1.47. The van der Waals surface area contributed by atoms with E-state index in [1.165, 1.54) is 4.90 Å². The molecule has 0 N–H and O–H groups in total. The van der Waals surface area contributed by atoms with Crippen LogP contribution in [0.15, 0.2) is 42.5 Å². The summed E-state index contributed by atoms with van der Waals surface area (Å²) < 4.78 is 16.4. The molecule has 0 saturated heterocycles. The van der Waals surface area contributed by atoms with Crippen LogP contribution >= 0.6 is 0 Å². The van der Waals surface area contributed by atoms with Crippen molar-refractivity contribution < 1.29 is 28.6 Å². The van der Waals surface area contributed by atoms with Crippen LogP contribution in [0.1, 0.15) is 53.0 Å². The van der Waals surface area contributed by atoms with Gasteiger partial charge in [0.15, 0.2) is 11.5 Å². The molecule has 30 heavy (non-hydrogen) atoms. The molecule has 158 valence electrons. The first-order chi connectivity index (χ1) is 14.5. The first-order valence-electron chi connectivity index (χ1n) is 10.0. The maximum Gasteiger partial charge on any atom is 0.306 e. The summed E-state index contributed by atoms with van der Waals surface area (Å²) in [4.78, 5) is 37.9. The van der Waals surface area contributed by atoms with Gasteiger partial charge in [0.05, 0.1) is 24.3 Å². The highest BCUT2D eigenvalue weighted by atomic mass is 16.5. The van der Waals surface area contributed by atoms with Crippen LogP contribution in [0.5, 0.6) is 11.5 Å². The number of carbonyl (C=O) groups is 3. The van der Waals surface area contributed by atoms with Crippen molar-refractivity contribution in [2.45, 2.75) is 33.3 Å². The summed E-state index contributed by atoms with van der Waals surface area (Å²) in [7, 11) is 0. The Morgan fingerprint density at radius 1 is 0.900 bits per heavy atom. The maximum atomic E-state index is 12.3. The van der Waals surface area contributed by atoms with Crippen LogP contribution in [0, 0.1) is 0 Å². The topological polar surface area (TPSA) is 82.1 Å². The van der Waals surface area contributed by atoms with Crippen LogP contribution in [0.3, 0.4) is 0 Å². The van der Waals surface area contributed by atoms with E-state index in [9.17, 15) is 14.4 Å². The minimum absolute atomic E-state index is 0.109. The van der Waals surface area contributed by atoms with E-state index in [1.807, 2.05) is 19.9 Å². The van der Waals surface area contributed by atoms with Crippen molar-refractivity contribution in [3.8, 4) is 11.5 Å². The van der Waals surface area contributed by atoms with Crippen molar-refractivity contribution in [2.75, 3.05) is 19.8 Å². The lowest BCUT2D eigenvalue weighted by molar-refractivity contribution is -0.145. The molecule has 1 aliphatic heterocycles. The second-order valence-corrected chi connectivity index (χ2v) is 6.72. The van der Waals surface area contributed by atoms with Crippen molar-refractivity contribution in [1.82, 2.24) is 4.90 Å². The monoisotopic (exact) mass is 411 g/mol. The summed E-state index contributed by atoms with van der Waals surface area (Å²) >= 11 is 0. The van der Waals surface area contributed by atoms with Gasteiger partial charge in [0.1, 0.15) is 6.61 Å². The third-order valence-electron chi connectivity index (χ3n) is 4.65. The summed E-state index contributed by atoms with van der Waals surface area (Å²) in [5.74, 6) is 0.232. The molecule has 0 aromatic heterocycles. The van der Waals surface area contributed by atoms with Gasteiger partial charge in [0.2, 0.25) is 0 Å². The average Bonchev–Trinajstić information content (AvgIpc) is 2.99. The van der Waals surface area contributed by atoms with Gasteiger partial charge in [-0.25, -0.2) is 0 Å². The lowest BCUT2D eigenvalue weighted by Crippen LogP contribution is -2.31. The molecule has 0 saturated carbocycles. The second-order valence-electron chi connectivity index (χ2n) is 6.72. The fourth-order valence-corrected chi connectivity index (χ4v) is 3.25. The van der Waals surface area contributed by atoms with E-state index in [0.29, 0.717) is 42.3 Å². The van der Waals surface area contributed by atoms with Gasteiger partial charge in [0, 0.05) is 13.0 Å². The molecule has 2 aromatic carbocycles. The lowest BCUT2D eigenvalue weighted by atomic mass is 10.1. The zero-order chi connectivity index (χ0) is 21.5. The molecule has 0 radical (unpaired) electrons. The Morgan fingerprint density at radius 2 is 1.53 bits per heavy atom. The van der Waals surface area contributed by atoms with Gasteiger partial charge in [-0.3, -0.25) is 19.3 Å². The minimum Gasteiger partial charge on any atom is -0.490 e. The van der Waals surface area contributed by atoms with E-state index in [1.54, 1.807) is 36.4 Å². The fourth-order valence-electron chi connectivity index (χ4n) is 3.25. The van der Waals surface area contributed by atoms with E-state index in [0.717, 1.165) is 5.56 Å². The molecule has 0 fully saturated rings.